The van der Waals surface area contributed by atoms with Crippen molar-refractivity contribution in [1.82, 2.24) is 0 Å². The quantitative estimate of drug-likeness (QED) is 0.517. The van der Waals surface area contributed by atoms with Crippen molar-refractivity contribution in [1.29, 1.82) is 0 Å². The minimum Gasteiger partial charge on any atom is -0.390 e. The molecular weight excluding hydrogens is 286 g/mol. The van der Waals surface area contributed by atoms with Gasteiger partial charge in [0.25, 0.3) is 0 Å². The molecule has 17 heavy (non-hydrogen) atoms. The van der Waals surface area contributed by atoms with Crippen LogP contribution >= 0.6 is 15.9 Å². The summed E-state index contributed by atoms with van der Waals surface area (Å²) in [5, 5.41) is 13.9. The first-order valence-corrected chi connectivity index (χ1v) is 6.06. The average molecular weight is 298 g/mol. The minimum absolute atomic E-state index is 0.186. The zero-order valence-electron chi connectivity index (χ0n) is 9.08. The van der Waals surface area contributed by atoms with Crippen LogP contribution in [-0.4, -0.2) is 24.4 Å². The lowest BCUT2D eigenvalue weighted by molar-refractivity contribution is -0.0592. The van der Waals surface area contributed by atoms with Crippen molar-refractivity contribution in [3.8, 4) is 0 Å². The predicted molar refractivity (Wildman–Crippen MR) is 66.4 cm³/mol. The highest BCUT2D eigenvalue weighted by atomic mass is 79.9. The van der Waals surface area contributed by atoms with Crippen LogP contribution in [0.4, 0.5) is 0 Å². The molecule has 2 rings (SSSR count). The number of benzene rings is 1. The van der Waals surface area contributed by atoms with Gasteiger partial charge in [-0.1, -0.05) is 33.2 Å². The Kier molecular flexibility index (Phi) is 3.69. The molecule has 1 aliphatic rings. The van der Waals surface area contributed by atoms with E-state index < -0.39 is 11.6 Å². The van der Waals surface area contributed by atoms with E-state index >= 15 is 0 Å². The fourth-order valence-corrected chi connectivity index (χ4v) is 2.48. The molecular formula is C11H12BrN3O2. The molecule has 1 aliphatic heterocycles. The van der Waals surface area contributed by atoms with Gasteiger partial charge in [-0.05, 0) is 29.6 Å². The van der Waals surface area contributed by atoms with Gasteiger partial charge in [-0.3, -0.25) is 0 Å². The molecule has 2 atom stereocenters. The molecule has 0 amide bonds. The SMILES string of the molecule is [N-]=[N+]=N[C@@]1(c2cccc(Br)c2)CCOC[C@@H]1O. The highest BCUT2D eigenvalue weighted by Crippen LogP contribution is 2.37. The van der Waals surface area contributed by atoms with Crippen LogP contribution in [0.3, 0.4) is 0 Å². The van der Waals surface area contributed by atoms with Crippen LogP contribution in [0.15, 0.2) is 33.9 Å². The summed E-state index contributed by atoms with van der Waals surface area (Å²) in [5.41, 5.74) is 8.61. The van der Waals surface area contributed by atoms with Crippen molar-refractivity contribution in [3.63, 3.8) is 0 Å². The first-order chi connectivity index (χ1) is 8.19. The fourth-order valence-electron chi connectivity index (χ4n) is 2.08. The van der Waals surface area contributed by atoms with E-state index in [-0.39, 0.29) is 6.61 Å². The molecule has 0 aliphatic carbocycles. The van der Waals surface area contributed by atoms with Crippen LogP contribution in [-0.2, 0) is 10.3 Å². The third-order valence-electron chi connectivity index (χ3n) is 3.00. The van der Waals surface area contributed by atoms with Gasteiger partial charge < -0.3 is 9.84 Å². The summed E-state index contributed by atoms with van der Waals surface area (Å²) in [5.74, 6) is 0. The van der Waals surface area contributed by atoms with Gasteiger partial charge in [0.15, 0.2) is 0 Å². The van der Waals surface area contributed by atoms with Gasteiger partial charge in [-0.2, -0.15) is 0 Å². The van der Waals surface area contributed by atoms with Crippen molar-refractivity contribution in [2.24, 2.45) is 5.11 Å². The summed E-state index contributed by atoms with van der Waals surface area (Å²) in [7, 11) is 0. The Morgan fingerprint density at radius 3 is 3.06 bits per heavy atom. The van der Waals surface area contributed by atoms with Gasteiger partial charge in [-0.25, -0.2) is 0 Å². The highest BCUT2D eigenvalue weighted by molar-refractivity contribution is 9.10. The lowest BCUT2D eigenvalue weighted by Crippen LogP contribution is -2.45. The maximum atomic E-state index is 10.1. The molecule has 1 saturated heterocycles. The molecule has 0 radical (unpaired) electrons. The van der Waals surface area contributed by atoms with E-state index in [4.69, 9.17) is 10.3 Å². The first-order valence-electron chi connectivity index (χ1n) is 5.27. The Balaban J connectivity index is 2.50. The number of aliphatic hydroxyl groups excluding tert-OH is 1. The van der Waals surface area contributed by atoms with Gasteiger partial charge in [0.1, 0.15) is 5.54 Å². The second-order valence-electron chi connectivity index (χ2n) is 3.96. The van der Waals surface area contributed by atoms with Crippen LogP contribution in [0.25, 0.3) is 10.4 Å². The smallest absolute Gasteiger partial charge is 0.104 e. The molecule has 0 aromatic heterocycles. The summed E-state index contributed by atoms with van der Waals surface area (Å²) in [6, 6.07) is 7.46. The predicted octanol–water partition coefficient (Wildman–Crippen LogP) is 2.74. The summed E-state index contributed by atoms with van der Waals surface area (Å²) in [4.78, 5) is 2.88. The van der Waals surface area contributed by atoms with E-state index in [0.29, 0.717) is 13.0 Å². The van der Waals surface area contributed by atoms with E-state index in [0.717, 1.165) is 10.0 Å². The van der Waals surface area contributed by atoms with Crippen molar-refractivity contribution >= 4 is 15.9 Å². The summed E-state index contributed by atoms with van der Waals surface area (Å²) in [6.07, 6.45) is -0.337. The maximum absolute atomic E-state index is 10.1. The molecule has 1 aromatic rings. The Hall–Kier alpha value is -1.07. The van der Waals surface area contributed by atoms with E-state index in [1.807, 2.05) is 24.3 Å². The van der Waals surface area contributed by atoms with Gasteiger partial charge in [0.05, 0.1) is 12.7 Å². The minimum atomic E-state index is -0.920. The number of rotatable bonds is 2. The molecule has 0 bridgehead atoms. The van der Waals surface area contributed by atoms with Gasteiger partial charge in [0, 0.05) is 16.0 Å². The number of aliphatic hydroxyl groups is 1. The second kappa shape index (κ2) is 5.06. The van der Waals surface area contributed by atoms with Crippen molar-refractivity contribution in [2.45, 2.75) is 18.1 Å². The number of halogens is 1. The molecule has 1 N–H and O–H groups in total. The Labute approximate surface area is 107 Å². The standard InChI is InChI=1S/C11H12BrN3O2/c12-9-3-1-2-8(6-9)11(14-15-13)4-5-17-7-10(11)16/h1-3,6,10,16H,4-5,7H2/t10-,11+/m0/s1. The topological polar surface area (TPSA) is 78.2 Å². The van der Waals surface area contributed by atoms with E-state index in [1.54, 1.807) is 0 Å². The molecule has 0 spiro atoms. The zero-order chi connectivity index (χ0) is 12.3. The van der Waals surface area contributed by atoms with Crippen LogP contribution in [0, 0.1) is 0 Å². The molecule has 6 heteroatoms. The molecule has 5 nitrogen and oxygen atoms in total. The maximum Gasteiger partial charge on any atom is 0.104 e. The fraction of sp³-hybridized carbons (Fsp3) is 0.455. The molecule has 0 saturated carbocycles. The second-order valence-corrected chi connectivity index (χ2v) is 4.88. The number of hydrogen-bond donors (Lipinski definition) is 1. The lowest BCUT2D eigenvalue weighted by atomic mass is 9.81. The summed E-state index contributed by atoms with van der Waals surface area (Å²) < 4.78 is 6.08. The Morgan fingerprint density at radius 1 is 1.59 bits per heavy atom. The van der Waals surface area contributed by atoms with Crippen LogP contribution in [0.5, 0.6) is 0 Å². The molecule has 90 valence electrons. The largest absolute Gasteiger partial charge is 0.390 e. The highest BCUT2D eigenvalue weighted by Gasteiger charge is 2.41. The van der Waals surface area contributed by atoms with Crippen molar-refractivity contribution in [2.75, 3.05) is 13.2 Å². The number of nitrogens with zero attached hydrogens (tertiary/aromatic N) is 3. The molecule has 0 unspecified atom stereocenters. The summed E-state index contributed by atoms with van der Waals surface area (Å²) in [6.45, 7) is 0.661. The summed E-state index contributed by atoms with van der Waals surface area (Å²) >= 11 is 3.38. The van der Waals surface area contributed by atoms with Crippen LogP contribution < -0.4 is 0 Å². The number of azide groups is 1. The monoisotopic (exact) mass is 297 g/mol. The van der Waals surface area contributed by atoms with Crippen LogP contribution in [0.1, 0.15) is 12.0 Å². The third-order valence-corrected chi connectivity index (χ3v) is 3.50. The average Bonchev–Trinajstić information content (AvgIpc) is 2.32. The molecule has 1 aromatic carbocycles. The van der Waals surface area contributed by atoms with Crippen LogP contribution in [0.2, 0.25) is 0 Å². The lowest BCUT2D eigenvalue weighted by Gasteiger charge is -2.37. The van der Waals surface area contributed by atoms with E-state index in [1.165, 1.54) is 0 Å². The molecule has 1 fully saturated rings. The number of hydrogen-bond acceptors (Lipinski definition) is 3. The zero-order valence-corrected chi connectivity index (χ0v) is 10.7. The first kappa shape index (κ1) is 12.4. The normalized spacial score (nSPS) is 28.5. The Bertz CT molecular complexity index is 462. The van der Waals surface area contributed by atoms with Gasteiger partial charge >= 0.3 is 0 Å². The Morgan fingerprint density at radius 2 is 2.41 bits per heavy atom. The van der Waals surface area contributed by atoms with Crippen molar-refractivity contribution in [3.05, 3.63) is 44.7 Å². The van der Waals surface area contributed by atoms with Gasteiger partial charge in [0.2, 0.25) is 0 Å². The third kappa shape index (κ3) is 2.30. The van der Waals surface area contributed by atoms with Crippen molar-refractivity contribution < 1.29 is 9.84 Å². The van der Waals surface area contributed by atoms with Gasteiger partial charge in [-0.15, -0.1) is 0 Å². The van der Waals surface area contributed by atoms with E-state index in [9.17, 15) is 5.11 Å². The van der Waals surface area contributed by atoms with E-state index in [2.05, 4.69) is 26.0 Å². The number of ether oxygens (including phenoxy) is 1. The molecule has 1 heterocycles.